The van der Waals surface area contributed by atoms with Crippen LogP contribution in [0.5, 0.6) is 0 Å². The SMILES string of the molecule is CCN(C)S(=O)(=O)NS(=O)(=O)C(F)(F)F.[LiH]. The van der Waals surface area contributed by atoms with Gasteiger partial charge in [-0.1, -0.05) is 11.1 Å². The van der Waals surface area contributed by atoms with Gasteiger partial charge in [-0.05, 0) is 0 Å². The van der Waals surface area contributed by atoms with Gasteiger partial charge in [-0.15, -0.1) is 0 Å². The van der Waals surface area contributed by atoms with Gasteiger partial charge < -0.3 is 0 Å². The van der Waals surface area contributed by atoms with Crippen LogP contribution in [-0.2, 0) is 20.2 Å². The number of halogens is 3. The van der Waals surface area contributed by atoms with Gasteiger partial charge in [-0.3, -0.25) is 0 Å². The summed E-state index contributed by atoms with van der Waals surface area (Å²) in [6.45, 7) is 1.17. The van der Waals surface area contributed by atoms with E-state index in [2.05, 4.69) is 0 Å². The van der Waals surface area contributed by atoms with E-state index in [1.807, 2.05) is 0 Å². The van der Waals surface area contributed by atoms with Gasteiger partial charge in [0.15, 0.2) is 0 Å². The minimum absolute atomic E-state index is 0. The van der Waals surface area contributed by atoms with Gasteiger partial charge in [0.25, 0.3) is 10.2 Å². The Morgan fingerprint density at radius 3 is 1.81 bits per heavy atom. The molecule has 0 aliphatic rings. The molecular formula is C4H10F3LiN2O4S2. The Morgan fingerprint density at radius 2 is 1.56 bits per heavy atom. The summed E-state index contributed by atoms with van der Waals surface area (Å²) >= 11 is 0. The molecule has 0 aliphatic heterocycles. The van der Waals surface area contributed by atoms with Crippen molar-refractivity contribution >= 4 is 39.1 Å². The Bertz CT molecular complexity index is 417. The van der Waals surface area contributed by atoms with Crippen LogP contribution in [0.25, 0.3) is 0 Å². The Balaban J connectivity index is 0. The summed E-state index contributed by atoms with van der Waals surface area (Å²) in [6, 6.07) is 0. The first-order chi connectivity index (χ1) is 6.44. The normalized spacial score (nSPS) is 13.6. The maximum absolute atomic E-state index is 11.8. The van der Waals surface area contributed by atoms with Crippen molar-refractivity contribution in [2.45, 2.75) is 12.4 Å². The van der Waals surface area contributed by atoms with Gasteiger partial charge in [0.1, 0.15) is 0 Å². The molecule has 12 heteroatoms. The summed E-state index contributed by atoms with van der Waals surface area (Å²) in [7, 11) is -9.63. The van der Waals surface area contributed by atoms with Gasteiger partial charge in [-0.25, -0.2) is 8.42 Å². The first kappa shape index (κ1) is 18.6. The van der Waals surface area contributed by atoms with Crippen LogP contribution < -0.4 is 4.13 Å². The van der Waals surface area contributed by atoms with Crippen LogP contribution in [0.4, 0.5) is 13.2 Å². The third-order valence-electron chi connectivity index (χ3n) is 1.38. The molecule has 0 heterocycles. The van der Waals surface area contributed by atoms with Crippen molar-refractivity contribution in [2.75, 3.05) is 13.6 Å². The molecule has 0 bridgehead atoms. The first-order valence-corrected chi connectivity index (χ1v) is 6.42. The van der Waals surface area contributed by atoms with Crippen molar-refractivity contribution in [1.82, 2.24) is 8.43 Å². The Kier molecular flexibility index (Phi) is 6.61. The topological polar surface area (TPSA) is 83.6 Å². The van der Waals surface area contributed by atoms with E-state index < -0.39 is 25.7 Å². The van der Waals surface area contributed by atoms with Crippen molar-refractivity contribution < 1.29 is 30.0 Å². The Labute approximate surface area is 104 Å². The number of nitrogens with one attached hydrogen (secondary N) is 1. The predicted molar refractivity (Wildman–Crippen MR) is 52.5 cm³/mol. The van der Waals surface area contributed by atoms with Crippen LogP contribution in [0.2, 0.25) is 0 Å². The summed E-state index contributed by atoms with van der Waals surface area (Å²) in [5.41, 5.74) is -5.66. The van der Waals surface area contributed by atoms with Crippen LogP contribution in [0.1, 0.15) is 6.92 Å². The van der Waals surface area contributed by atoms with Crippen molar-refractivity contribution in [3.8, 4) is 0 Å². The second kappa shape index (κ2) is 5.70. The molecule has 0 fully saturated rings. The average molecular weight is 278 g/mol. The van der Waals surface area contributed by atoms with E-state index in [-0.39, 0.29) is 25.4 Å². The average Bonchev–Trinajstić information content (AvgIpc) is 1.98. The van der Waals surface area contributed by atoms with Gasteiger partial charge in [-0.2, -0.15) is 25.9 Å². The molecule has 0 saturated carbocycles. The Hall–Kier alpha value is 0.207. The minimum atomic E-state index is -5.89. The predicted octanol–water partition coefficient (Wildman–Crippen LogP) is -1.03. The van der Waals surface area contributed by atoms with Gasteiger partial charge in [0, 0.05) is 13.6 Å². The number of sulfonamides is 1. The van der Waals surface area contributed by atoms with E-state index in [1.54, 1.807) is 0 Å². The molecule has 1 N–H and O–H groups in total. The number of hydrogen-bond donors (Lipinski definition) is 1. The molecule has 0 atom stereocenters. The second-order valence-corrected chi connectivity index (χ2v) is 6.16. The molecule has 94 valence electrons. The van der Waals surface area contributed by atoms with E-state index in [0.29, 0.717) is 8.43 Å². The molecule has 0 aromatic carbocycles. The fourth-order valence-electron chi connectivity index (χ4n) is 0.419. The van der Waals surface area contributed by atoms with E-state index in [9.17, 15) is 30.0 Å². The monoisotopic (exact) mass is 278 g/mol. The van der Waals surface area contributed by atoms with Crippen LogP contribution >= 0.6 is 0 Å². The standard InChI is InChI=1S/C4H9F3N2O4S2.Li.H/c1-3-9(2)15(12,13)8-14(10,11)4(5,6)7;;/h8H,3H2,1-2H3;;. The molecule has 0 aliphatic carbocycles. The van der Waals surface area contributed by atoms with Crippen molar-refractivity contribution in [3.05, 3.63) is 0 Å². The van der Waals surface area contributed by atoms with Gasteiger partial charge in [0.2, 0.25) is 0 Å². The maximum atomic E-state index is 11.8. The quantitative estimate of drug-likeness (QED) is 0.667. The van der Waals surface area contributed by atoms with E-state index in [4.69, 9.17) is 0 Å². The zero-order valence-electron chi connectivity index (χ0n) is 7.74. The third kappa shape index (κ3) is 4.60. The van der Waals surface area contributed by atoms with Gasteiger partial charge in [0.05, 0.1) is 0 Å². The molecule has 0 unspecified atom stereocenters. The Morgan fingerprint density at radius 1 is 1.19 bits per heavy atom. The van der Waals surface area contributed by atoms with Crippen LogP contribution in [0.3, 0.4) is 0 Å². The number of hydrogen-bond acceptors (Lipinski definition) is 4. The fraction of sp³-hybridized carbons (Fsp3) is 1.00. The molecule has 0 saturated heterocycles. The summed E-state index contributed by atoms with van der Waals surface area (Å²) < 4.78 is 79.2. The summed E-state index contributed by atoms with van der Waals surface area (Å²) in [5.74, 6) is 0. The second-order valence-electron chi connectivity index (χ2n) is 2.45. The molecule has 0 radical (unpaired) electrons. The van der Waals surface area contributed by atoms with E-state index >= 15 is 0 Å². The van der Waals surface area contributed by atoms with E-state index in [0.717, 1.165) is 7.05 Å². The molecule has 6 nitrogen and oxygen atoms in total. The zero-order chi connectivity index (χ0) is 12.5. The van der Waals surface area contributed by atoms with Crippen molar-refractivity contribution in [1.29, 1.82) is 0 Å². The van der Waals surface area contributed by atoms with Crippen LogP contribution in [-0.4, -0.2) is 59.1 Å². The number of nitrogens with zero attached hydrogens (tertiary/aromatic N) is 1. The molecule has 0 amide bonds. The third-order valence-corrected chi connectivity index (χ3v) is 4.78. The number of alkyl halides is 3. The number of rotatable bonds is 4. The fourth-order valence-corrected chi connectivity index (χ4v) is 2.76. The summed E-state index contributed by atoms with van der Waals surface area (Å²) in [4.78, 5) is 0. The molecule has 16 heavy (non-hydrogen) atoms. The van der Waals surface area contributed by atoms with Crippen molar-refractivity contribution in [3.63, 3.8) is 0 Å². The molecular weight excluding hydrogens is 268 g/mol. The zero-order valence-corrected chi connectivity index (χ0v) is 9.37. The van der Waals surface area contributed by atoms with Crippen LogP contribution in [0.15, 0.2) is 0 Å². The van der Waals surface area contributed by atoms with Crippen LogP contribution in [0, 0.1) is 0 Å². The summed E-state index contributed by atoms with van der Waals surface area (Å²) in [6.07, 6.45) is 0. The molecule has 0 spiro atoms. The molecule has 0 aromatic heterocycles. The van der Waals surface area contributed by atoms with Gasteiger partial charge >= 0.3 is 34.4 Å². The van der Waals surface area contributed by atoms with E-state index in [1.165, 1.54) is 6.92 Å². The van der Waals surface area contributed by atoms with Crippen molar-refractivity contribution in [2.24, 2.45) is 0 Å². The molecule has 0 aromatic rings. The summed E-state index contributed by atoms with van der Waals surface area (Å²) in [5, 5.41) is 0. The first-order valence-electron chi connectivity index (χ1n) is 3.50. The molecule has 0 rings (SSSR count).